The third kappa shape index (κ3) is 5.36. The molecular weight excluding hydrogens is 547 g/mol. The Balaban J connectivity index is 1.41. The Labute approximate surface area is 266 Å². The molecule has 2 saturated carbocycles. The van der Waals surface area contributed by atoms with Crippen molar-refractivity contribution in [1.82, 2.24) is 0 Å². The van der Waals surface area contributed by atoms with Crippen molar-refractivity contribution in [3.63, 3.8) is 0 Å². The molecule has 0 bridgehead atoms. The van der Waals surface area contributed by atoms with E-state index in [4.69, 9.17) is 0 Å². The summed E-state index contributed by atoms with van der Waals surface area (Å²) in [7, 11) is 0.0664. The van der Waals surface area contributed by atoms with E-state index in [9.17, 15) is 0 Å². The standard InChI is InChI=1S/C42H48NSi/c1-31-40(33-18-10-5-11-19-33)29-35(32-16-8-4-9-17-32)30-41(31)42-39-25-24-38(28-34(39)26-27-43(42)2)44(3,36-20-12-6-13-21-36)37-22-14-7-15-23-37/h6-7,12-15,20-30,32-33H,4-5,8-11,16-19H2,1-3H3/q+1. The van der Waals surface area contributed by atoms with Crippen LogP contribution < -0.4 is 20.1 Å². The Morgan fingerprint density at radius 1 is 0.614 bits per heavy atom. The number of benzene rings is 4. The van der Waals surface area contributed by atoms with Crippen LogP contribution in [0, 0.1) is 6.92 Å². The summed E-state index contributed by atoms with van der Waals surface area (Å²) in [6, 6.07) is 37.5. The summed E-state index contributed by atoms with van der Waals surface area (Å²) < 4.78 is 2.39. The lowest BCUT2D eigenvalue weighted by Crippen LogP contribution is -2.64. The van der Waals surface area contributed by atoms with E-state index in [0.717, 1.165) is 0 Å². The maximum atomic E-state index is 2.66. The van der Waals surface area contributed by atoms with Gasteiger partial charge in [-0.25, -0.2) is 4.57 Å². The summed E-state index contributed by atoms with van der Waals surface area (Å²) in [4.78, 5) is 0. The lowest BCUT2D eigenvalue weighted by Gasteiger charge is -2.30. The van der Waals surface area contributed by atoms with E-state index in [1.54, 1.807) is 11.1 Å². The van der Waals surface area contributed by atoms with Gasteiger partial charge in [0.05, 0.1) is 10.9 Å². The highest BCUT2D eigenvalue weighted by molar-refractivity contribution is 7.10. The number of hydrogen-bond donors (Lipinski definition) is 0. The molecule has 1 aromatic heterocycles. The molecule has 0 radical (unpaired) electrons. The summed E-state index contributed by atoms with van der Waals surface area (Å²) in [5, 5.41) is 7.11. The normalized spacial score (nSPS) is 16.8. The molecule has 0 spiro atoms. The van der Waals surface area contributed by atoms with Crippen molar-refractivity contribution < 1.29 is 4.57 Å². The molecule has 224 valence electrons. The summed E-state index contributed by atoms with van der Waals surface area (Å²) in [5.74, 6) is 1.42. The highest BCUT2D eigenvalue weighted by Gasteiger charge is 2.35. The van der Waals surface area contributed by atoms with Gasteiger partial charge in [0.2, 0.25) is 5.69 Å². The number of aryl methyl sites for hydroxylation is 1. The second-order valence-electron chi connectivity index (χ2n) is 13.9. The molecule has 5 aromatic rings. The van der Waals surface area contributed by atoms with E-state index in [-0.39, 0.29) is 0 Å². The van der Waals surface area contributed by atoms with E-state index in [1.807, 2.05) is 0 Å². The van der Waals surface area contributed by atoms with Gasteiger partial charge in [-0.3, -0.25) is 0 Å². The number of pyridine rings is 1. The molecule has 2 fully saturated rings. The molecule has 0 aliphatic heterocycles. The van der Waals surface area contributed by atoms with Crippen molar-refractivity contribution >= 4 is 34.4 Å². The van der Waals surface area contributed by atoms with Gasteiger partial charge in [-0.1, -0.05) is 124 Å². The SMILES string of the molecule is Cc1c(-c2c3ccc([Si](C)(c4ccccc4)c4ccccc4)cc3cc[n+]2C)cc(C2CCCCC2)cc1C1CCCCC1. The fourth-order valence-corrected chi connectivity index (χ4v) is 12.2. The van der Waals surface area contributed by atoms with Crippen LogP contribution in [0.15, 0.2) is 103 Å². The van der Waals surface area contributed by atoms with E-state index in [0.29, 0.717) is 11.8 Å². The minimum atomic E-state index is -2.19. The van der Waals surface area contributed by atoms with Gasteiger partial charge in [0, 0.05) is 6.07 Å². The summed E-state index contributed by atoms with van der Waals surface area (Å²) in [6.45, 7) is 4.95. The van der Waals surface area contributed by atoms with Crippen LogP contribution in [0.2, 0.25) is 6.55 Å². The molecular formula is C42H48NSi+. The van der Waals surface area contributed by atoms with Gasteiger partial charge >= 0.3 is 0 Å². The Morgan fingerprint density at radius 2 is 1.20 bits per heavy atom. The van der Waals surface area contributed by atoms with Crippen molar-refractivity contribution in [2.75, 3.05) is 0 Å². The maximum Gasteiger partial charge on any atom is 0.220 e. The number of hydrogen-bond acceptors (Lipinski definition) is 0. The fourth-order valence-electron chi connectivity index (χ4n) is 8.58. The highest BCUT2D eigenvalue weighted by Crippen LogP contribution is 2.42. The largest absolute Gasteiger partial charge is 0.220 e. The molecule has 2 heteroatoms. The van der Waals surface area contributed by atoms with Gasteiger partial charge in [-0.05, 0) is 94.2 Å². The third-order valence-corrected chi connectivity index (χ3v) is 15.7. The van der Waals surface area contributed by atoms with Crippen LogP contribution in [0.1, 0.15) is 92.7 Å². The van der Waals surface area contributed by atoms with Crippen LogP contribution in [-0.2, 0) is 7.05 Å². The first-order valence-electron chi connectivity index (χ1n) is 17.2. The zero-order valence-corrected chi connectivity index (χ0v) is 28.0. The van der Waals surface area contributed by atoms with Crippen LogP contribution >= 0.6 is 0 Å². The van der Waals surface area contributed by atoms with E-state index >= 15 is 0 Å². The van der Waals surface area contributed by atoms with Gasteiger partial charge < -0.3 is 0 Å². The Hall–Kier alpha value is -3.49. The van der Waals surface area contributed by atoms with E-state index in [1.165, 1.54) is 107 Å². The molecule has 2 aliphatic carbocycles. The third-order valence-electron chi connectivity index (χ3n) is 11.3. The van der Waals surface area contributed by atoms with Crippen LogP contribution in [0.3, 0.4) is 0 Å². The zero-order valence-electron chi connectivity index (χ0n) is 27.0. The second-order valence-corrected chi connectivity index (χ2v) is 17.9. The van der Waals surface area contributed by atoms with Crippen molar-refractivity contribution in [3.05, 3.63) is 120 Å². The smallest absolute Gasteiger partial charge is 0.200 e. The van der Waals surface area contributed by atoms with Crippen molar-refractivity contribution in [2.24, 2.45) is 7.05 Å². The molecule has 0 unspecified atom stereocenters. The summed E-state index contributed by atoms with van der Waals surface area (Å²) in [6.07, 6.45) is 16.0. The molecule has 1 nitrogen and oxygen atoms in total. The molecule has 1 heterocycles. The molecule has 0 amide bonds. The Morgan fingerprint density at radius 3 is 1.82 bits per heavy atom. The predicted octanol–water partition coefficient (Wildman–Crippen LogP) is 8.84. The number of fused-ring (bicyclic) bond motifs is 1. The van der Waals surface area contributed by atoms with Crippen molar-refractivity contribution in [2.45, 2.75) is 89.5 Å². The number of rotatable bonds is 6. The summed E-state index contributed by atoms with van der Waals surface area (Å²) in [5.41, 5.74) is 7.60. The molecule has 0 saturated heterocycles. The molecule has 4 aromatic carbocycles. The van der Waals surface area contributed by atoms with Crippen molar-refractivity contribution in [3.8, 4) is 11.3 Å². The number of nitrogens with zero attached hydrogens (tertiary/aromatic N) is 1. The van der Waals surface area contributed by atoms with Gasteiger partial charge in [-0.15, -0.1) is 0 Å². The minimum absolute atomic E-state index is 0.709. The van der Waals surface area contributed by atoms with E-state index < -0.39 is 8.07 Å². The highest BCUT2D eigenvalue weighted by atomic mass is 28.3. The first kappa shape index (κ1) is 29.2. The molecule has 7 rings (SSSR count). The van der Waals surface area contributed by atoms with Gasteiger partial charge in [-0.2, -0.15) is 0 Å². The minimum Gasteiger partial charge on any atom is -0.200 e. The first-order valence-corrected chi connectivity index (χ1v) is 19.7. The average molecular weight is 595 g/mol. The summed E-state index contributed by atoms with van der Waals surface area (Å²) >= 11 is 0. The van der Waals surface area contributed by atoms with Crippen LogP contribution in [0.4, 0.5) is 0 Å². The maximum absolute atomic E-state index is 2.66. The van der Waals surface area contributed by atoms with Gasteiger partial charge in [0.1, 0.15) is 15.1 Å². The van der Waals surface area contributed by atoms with Crippen LogP contribution in [0.5, 0.6) is 0 Å². The lowest BCUT2D eigenvalue weighted by molar-refractivity contribution is -0.659. The lowest BCUT2D eigenvalue weighted by atomic mass is 9.76. The fraction of sp³-hybridized carbons (Fsp3) is 0.357. The second kappa shape index (κ2) is 12.5. The Kier molecular flexibility index (Phi) is 8.29. The molecule has 0 atom stereocenters. The van der Waals surface area contributed by atoms with Crippen LogP contribution in [0.25, 0.3) is 22.0 Å². The quantitative estimate of drug-likeness (QED) is 0.105. The molecule has 44 heavy (non-hydrogen) atoms. The van der Waals surface area contributed by atoms with Crippen LogP contribution in [-0.4, -0.2) is 8.07 Å². The molecule has 0 N–H and O–H groups in total. The van der Waals surface area contributed by atoms with Gasteiger partial charge in [0.15, 0.2) is 6.20 Å². The number of aromatic nitrogens is 1. The average Bonchev–Trinajstić information content (AvgIpc) is 3.09. The van der Waals surface area contributed by atoms with Gasteiger partial charge in [0.25, 0.3) is 0 Å². The first-order chi connectivity index (χ1) is 21.5. The van der Waals surface area contributed by atoms with Crippen molar-refractivity contribution in [1.29, 1.82) is 0 Å². The Bertz CT molecular complexity index is 1700. The monoisotopic (exact) mass is 594 g/mol. The zero-order chi connectivity index (χ0) is 30.1. The van der Waals surface area contributed by atoms with E-state index in [2.05, 4.69) is 128 Å². The predicted molar refractivity (Wildman–Crippen MR) is 190 cm³/mol. The molecule has 2 aliphatic rings. The topological polar surface area (TPSA) is 3.88 Å².